The van der Waals surface area contributed by atoms with Crippen LogP contribution in [-0.4, -0.2) is 34.5 Å². The molecule has 0 spiro atoms. The quantitative estimate of drug-likeness (QED) is 0.488. The van der Waals surface area contributed by atoms with Crippen molar-refractivity contribution in [2.45, 2.75) is 20.3 Å². The van der Waals surface area contributed by atoms with Gasteiger partial charge >= 0.3 is 6.09 Å². The van der Waals surface area contributed by atoms with Crippen molar-refractivity contribution >= 4 is 40.7 Å². The molecule has 1 unspecified atom stereocenters. The number of phenolic OH excluding ortho intramolecular Hbond substituents is 1. The first-order valence-electron chi connectivity index (χ1n) is 7.35. The van der Waals surface area contributed by atoms with E-state index in [9.17, 15) is 14.7 Å². The molecule has 0 saturated heterocycles. The van der Waals surface area contributed by atoms with E-state index in [0.717, 1.165) is 5.56 Å². The van der Waals surface area contributed by atoms with Crippen LogP contribution < -0.4 is 16.1 Å². The smallest absolute Gasteiger partial charge is 0.413 e. The van der Waals surface area contributed by atoms with E-state index in [1.807, 2.05) is 6.92 Å². The number of ether oxygens (including phenoxy) is 1. The number of nitrogens with one attached hydrogen (secondary N) is 3. The van der Waals surface area contributed by atoms with Gasteiger partial charge in [0.25, 0.3) is 0 Å². The average Bonchev–Trinajstić information content (AvgIpc) is 2.50. The minimum atomic E-state index is -0.682. The Bertz CT molecular complexity index is 705. The second-order valence-electron chi connectivity index (χ2n) is 5.17. The van der Waals surface area contributed by atoms with E-state index >= 15 is 0 Å². The first-order chi connectivity index (χ1) is 11.4. The number of alkyl carbamates (subject to hydrolysis) is 1. The normalized spacial score (nSPS) is 16.7. The summed E-state index contributed by atoms with van der Waals surface area (Å²) in [6.07, 6.45) is -0.343. The lowest BCUT2D eigenvalue weighted by molar-refractivity contribution is -0.121. The molecule has 8 nitrogen and oxygen atoms in total. The van der Waals surface area contributed by atoms with Gasteiger partial charge in [0, 0.05) is 17.9 Å². The number of aromatic hydroxyl groups is 1. The number of benzene rings is 1. The molecule has 1 aliphatic rings. The molecular formula is C15H18N4O4S. The Morgan fingerprint density at radius 3 is 2.96 bits per heavy atom. The Morgan fingerprint density at radius 1 is 1.54 bits per heavy atom. The van der Waals surface area contributed by atoms with Gasteiger partial charge in [-0.25, -0.2) is 10.2 Å². The molecule has 0 saturated carbocycles. The van der Waals surface area contributed by atoms with E-state index in [1.54, 1.807) is 19.1 Å². The molecule has 0 bridgehead atoms. The number of thiocarbonyl (C=S) groups is 1. The molecule has 1 heterocycles. The van der Waals surface area contributed by atoms with Crippen LogP contribution >= 0.6 is 12.2 Å². The van der Waals surface area contributed by atoms with Gasteiger partial charge in [-0.3, -0.25) is 10.1 Å². The monoisotopic (exact) mass is 350 g/mol. The number of anilines is 1. The Labute approximate surface area is 144 Å². The van der Waals surface area contributed by atoms with Crippen LogP contribution in [0.15, 0.2) is 23.3 Å². The summed E-state index contributed by atoms with van der Waals surface area (Å²) >= 11 is 5.00. The van der Waals surface area contributed by atoms with Crippen LogP contribution in [0.1, 0.15) is 25.8 Å². The summed E-state index contributed by atoms with van der Waals surface area (Å²) in [5, 5.41) is 19.1. The van der Waals surface area contributed by atoms with Crippen molar-refractivity contribution < 1.29 is 19.4 Å². The zero-order valence-electron chi connectivity index (χ0n) is 13.3. The molecular weight excluding hydrogens is 332 g/mol. The summed E-state index contributed by atoms with van der Waals surface area (Å²) in [7, 11) is 0. The highest BCUT2D eigenvalue weighted by Gasteiger charge is 2.22. The molecule has 24 heavy (non-hydrogen) atoms. The highest BCUT2D eigenvalue weighted by molar-refractivity contribution is 7.80. The summed E-state index contributed by atoms with van der Waals surface area (Å²) in [6.45, 7) is 3.79. The van der Waals surface area contributed by atoms with E-state index in [4.69, 9.17) is 17.0 Å². The van der Waals surface area contributed by atoms with Crippen LogP contribution in [0.25, 0.3) is 0 Å². The van der Waals surface area contributed by atoms with Crippen LogP contribution in [0.3, 0.4) is 0 Å². The first kappa shape index (κ1) is 17.7. The van der Waals surface area contributed by atoms with Crippen molar-refractivity contribution in [1.29, 1.82) is 0 Å². The molecule has 0 aromatic heterocycles. The zero-order chi connectivity index (χ0) is 17.7. The lowest BCUT2D eigenvalue weighted by atomic mass is 9.94. The standard InChI is InChI=1S/C15H18N4O4S/c1-3-23-15(22)17-14(24)16-10-7-9(4-5-11(10)20)13-8(2)6-12(21)18-19-13/h4-5,7-8,20H,3,6H2,1-2H3,(H,18,21)(H2,16,17,22,24). The third kappa shape index (κ3) is 4.42. The third-order valence-corrected chi connectivity index (χ3v) is 3.50. The van der Waals surface area contributed by atoms with Crippen LogP contribution in [0.5, 0.6) is 5.75 Å². The van der Waals surface area contributed by atoms with E-state index < -0.39 is 6.09 Å². The van der Waals surface area contributed by atoms with Gasteiger partial charge in [-0.05, 0) is 37.3 Å². The van der Waals surface area contributed by atoms with Gasteiger partial charge < -0.3 is 15.2 Å². The predicted molar refractivity (Wildman–Crippen MR) is 92.9 cm³/mol. The summed E-state index contributed by atoms with van der Waals surface area (Å²) in [6, 6.07) is 4.81. The van der Waals surface area contributed by atoms with Crippen molar-refractivity contribution in [2.75, 3.05) is 11.9 Å². The molecule has 9 heteroatoms. The maximum atomic E-state index is 11.3. The maximum absolute atomic E-state index is 11.3. The van der Waals surface area contributed by atoms with Gasteiger partial charge in [-0.2, -0.15) is 5.10 Å². The van der Waals surface area contributed by atoms with Gasteiger partial charge in [-0.15, -0.1) is 0 Å². The van der Waals surface area contributed by atoms with Crippen molar-refractivity contribution in [1.82, 2.24) is 10.7 Å². The number of phenols is 1. The van der Waals surface area contributed by atoms with Crippen LogP contribution in [0.2, 0.25) is 0 Å². The van der Waals surface area contributed by atoms with Gasteiger partial charge in [0.2, 0.25) is 5.91 Å². The summed E-state index contributed by atoms with van der Waals surface area (Å²) in [4.78, 5) is 22.7. The Kier molecular flexibility index (Phi) is 5.69. The Balaban J connectivity index is 2.15. The third-order valence-electron chi connectivity index (χ3n) is 3.29. The number of rotatable bonds is 3. The van der Waals surface area contributed by atoms with E-state index in [1.165, 1.54) is 6.07 Å². The summed E-state index contributed by atoms with van der Waals surface area (Å²) < 4.78 is 4.72. The predicted octanol–water partition coefficient (Wildman–Crippen LogP) is 1.70. The second-order valence-corrected chi connectivity index (χ2v) is 5.58. The minimum absolute atomic E-state index is 0.00664. The number of carbonyl (C=O) groups excluding carboxylic acids is 2. The number of hydrazone groups is 1. The second kappa shape index (κ2) is 7.73. The van der Waals surface area contributed by atoms with Crippen LogP contribution in [0.4, 0.5) is 10.5 Å². The molecule has 1 atom stereocenters. The topological polar surface area (TPSA) is 112 Å². The number of carbonyl (C=O) groups is 2. The molecule has 2 rings (SSSR count). The largest absolute Gasteiger partial charge is 0.506 e. The number of hydrogen-bond acceptors (Lipinski definition) is 6. The lowest BCUT2D eigenvalue weighted by Gasteiger charge is -2.20. The molecule has 4 N–H and O–H groups in total. The van der Waals surface area contributed by atoms with E-state index in [-0.39, 0.29) is 29.3 Å². The first-order valence-corrected chi connectivity index (χ1v) is 7.76. The van der Waals surface area contributed by atoms with Gasteiger partial charge in [-0.1, -0.05) is 6.92 Å². The molecule has 1 aromatic rings. The SMILES string of the molecule is CCOC(=O)NC(=S)Nc1cc(C2=NNC(=O)CC2C)ccc1O. The van der Waals surface area contributed by atoms with Gasteiger partial charge in [0.05, 0.1) is 18.0 Å². The van der Waals surface area contributed by atoms with Crippen LogP contribution in [-0.2, 0) is 9.53 Å². The molecule has 1 aromatic carbocycles. The van der Waals surface area contributed by atoms with Crippen molar-refractivity contribution in [2.24, 2.45) is 11.0 Å². The molecule has 0 aliphatic carbocycles. The van der Waals surface area contributed by atoms with Crippen molar-refractivity contribution in [3.8, 4) is 5.75 Å². The van der Waals surface area contributed by atoms with E-state index in [0.29, 0.717) is 17.8 Å². The van der Waals surface area contributed by atoms with Gasteiger partial charge in [0.1, 0.15) is 5.75 Å². The van der Waals surface area contributed by atoms with E-state index in [2.05, 4.69) is 21.2 Å². The lowest BCUT2D eigenvalue weighted by Crippen LogP contribution is -2.34. The number of nitrogens with zero attached hydrogens (tertiary/aromatic N) is 1. The fraction of sp³-hybridized carbons (Fsp3) is 0.333. The highest BCUT2D eigenvalue weighted by Crippen LogP contribution is 2.27. The zero-order valence-corrected chi connectivity index (χ0v) is 14.1. The van der Waals surface area contributed by atoms with Crippen LogP contribution in [0, 0.1) is 5.92 Å². The Morgan fingerprint density at radius 2 is 2.29 bits per heavy atom. The molecule has 2 amide bonds. The number of amides is 2. The molecule has 0 radical (unpaired) electrons. The van der Waals surface area contributed by atoms with Gasteiger partial charge in [0.15, 0.2) is 5.11 Å². The fourth-order valence-electron chi connectivity index (χ4n) is 2.21. The highest BCUT2D eigenvalue weighted by atomic mass is 32.1. The molecule has 1 aliphatic heterocycles. The van der Waals surface area contributed by atoms with Crippen molar-refractivity contribution in [3.63, 3.8) is 0 Å². The maximum Gasteiger partial charge on any atom is 0.413 e. The minimum Gasteiger partial charge on any atom is -0.506 e. The summed E-state index contributed by atoms with van der Waals surface area (Å²) in [5.41, 5.74) is 4.17. The summed E-state index contributed by atoms with van der Waals surface area (Å²) in [5.74, 6) is -0.233. The fourth-order valence-corrected chi connectivity index (χ4v) is 2.40. The Hall–Kier alpha value is -2.68. The number of hydrogen-bond donors (Lipinski definition) is 4. The molecule has 0 fully saturated rings. The van der Waals surface area contributed by atoms with Crippen molar-refractivity contribution in [3.05, 3.63) is 23.8 Å². The molecule has 128 valence electrons. The average molecular weight is 350 g/mol.